The number of carbonyl (C=O) groups excluding carboxylic acids is 2. The van der Waals surface area contributed by atoms with Gasteiger partial charge in [-0.25, -0.2) is 0 Å². The van der Waals surface area contributed by atoms with Crippen LogP contribution in [0.15, 0.2) is 0 Å². The third-order valence-electron chi connectivity index (χ3n) is 2.87. The molecule has 92 valence electrons. The van der Waals surface area contributed by atoms with Gasteiger partial charge in [-0.1, -0.05) is 6.92 Å². The van der Waals surface area contributed by atoms with Gasteiger partial charge in [-0.15, -0.1) is 0 Å². The highest BCUT2D eigenvalue weighted by Crippen LogP contribution is 2.27. The average molecular weight is 228 g/mol. The first-order valence-electron chi connectivity index (χ1n) is 5.63. The Morgan fingerprint density at radius 2 is 2.00 bits per heavy atom. The zero-order chi connectivity index (χ0) is 12.5. The molecule has 1 rings (SSSR count). The number of hydrogen-bond donors (Lipinski definition) is 1. The first-order chi connectivity index (χ1) is 7.21. The predicted molar refractivity (Wildman–Crippen MR) is 58.7 cm³/mol. The largest absolute Gasteiger partial charge is 0.461 e. The lowest BCUT2D eigenvalue weighted by Crippen LogP contribution is -2.41. The van der Waals surface area contributed by atoms with Crippen LogP contribution >= 0.6 is 0 Å². The molecule has 0 saturated heterocycles. The van der Waals surface area contributed by atoms with Crippen LogP contribution in [-0.4, -0.2) is 29.1 Å². The highest BCUT2D eigenvalue weighted by molar-refractivity contribution is 5.84. The van der Waals surface area contributed by atoms with Crippen LogP contribution in [0.1, 0.15) is 40.5 Å². The average Bonchev–Trinajstić information content (AvgIpc) is 2.12. The van der Waals surface area contributed by atoms with Crippen LogP contribution in [0.3, 0.4) is 0 Å². The van der Waals surface area contributed by atoms with E-state index in [1.54, 1.807) is 20.8 Å². The number of rotatable bonds is 1. The third-order valence-corrected chi connectivity index (χ3v) is 2.87. The number of carbonyl (C=O) groups is 2. The fourth-order valence-electron chi connectivity index (χ4n) is 1.64. The van der Waals surface area contributed by atoms with Gasteiger partial charge >= 0.3 is 5.97 Å². The molecule has 1 aliphatic carbocycles. The van der Waals surface area contributed by atoms with Gasteiger partial charge in [0, 0.05) is 6.42 Å². The Morgan fingerprint density at radius 1 is 1.44 bits per heavy atom. The third kappa shape index (κ3) is 3.04. The Kier molecular flexibility index (Phi) is 3.73. The van der Waals surface area contributed by atoms with Gasteiger partial charge in [-0.2, -0.15) is 0 Å². The molecule has 0 radical (unpaired) electrons. The first kappa shape index (κ1) is 13.2. The molecule has 1 N–H and O–H groups in total. The molecule has 0 aromatic rings. The predicted octanol–water partition coefficient (Wildman–Crippen LogP) is 1.30. The van der Waals surface area contributed by atoms with Crippen LogP contribution in [0.4, 0.5) is 0 Å². The van der Waals surface area contributed by atoms with Crippen LogP contribution in [0.2, 0.25) is 0 Å². The Balaban J connectivity index is 2.61. The first-order valence-corrected chi connectivity index (χ1v) is 5.63. The molecule has 3 atom stereocenters. The smallest absolute Gasteiger partial charge is 0.311 e. The van der Waals surface area contributed by atoms with Crippen LogP contribution in [0, 0.1) is 11.3 Å². The van der Waals surface area contributed by atoms with E-state index in [1.165, 1.54) is 0 Å². The second-order valence-electron chi connectivity index (χ2n) is 5.59. The Morgan fingerprint density at radius 3 is 2.50 bits per heavy atom. The summed E-state index contributed by atoms with van der Waals surface area (Å²) in [6, 6.07) is 0. The Labute approximate surface area is 96.0 Å². The van der Waals surface area contributed by atoms with Crippen molar-refractivity contribution in [3.05, 3.63) is 0 Å². The Hall–Kier alpha value is -0.900. The maximum absolute atomic E-state index is 11.7. The number of aliphatic hydroxyl groups excluding tert-OH is 1. The summed E-state index contributed by atoms with van der Waals surface area (Å²) in [7, 11) is 0. The van der Waals surface area contributed by atoms with Gasteiger partial charge in [0.2, 0.25) is 0 Å². The van der Waals surface area contributed by atoms with Gasteiger partial charge in [-0.05, 0) is 33.1 Å². The molecule has 0 bridgehead atoms. The monoisotopic (exact) mass is 228 g/mol. The normalized spacial score (nSPS) is 31.3. The van der Waals surface area contributed by atoms with E-state index in [1.807, 2.05) is 6.92 Å². The summed E-state index contributed by atoms with van der Waals surface area (Å²) in [4.78, 5) is 23.0. The van der Waals surface area contributed by atoms with Crippen molar-refractivity contribution in [1.29, 1.82) is 0 Å². The standard InChI is InChI=1S/C12H20O4/c1-7-5-8(13)9(14)6-10(7)16-11(15)12(2,3)4/h7-8,10,13H,5-6H2,1-4H3/t7-,8?,10-/m0/s1. The lowest BCUT2D eigenvalue weighted by atomic mass is 9.85. The van der Waals surface area contributed by atoms with Gasteiger partial charge in [0.25, 0.3) is 0 Å². The molecule has 0 spiro atoms. The fraction of sp³-hybridized carbons (Fsp3) is 0.833. The number of hydrogen-bond acceptors (Lipinski definition) is 4. The number of aliphatic hydroxyl groups is 1. The number of ketones is 1. The van der Waals surface area contributed by atoms with Crippen molar-refractivity contribution in [2.75, 3.05) is 0 Å². The molecular weight excluding hydrogens is 208 g/mol. The molecule has 1 fully saturated rings. The van der Waals surface area contributed by atoms with Gasteiger partial charge in [0.05, 0.1) is 5.41 Å². The number of esters is 1. The van der Waals surface area contributed by atoms with E-state index >= 15 is 0 Å². The summed E-state index contributed by atoms with van der Waals surface area (Å²) >= 11 is 0. The molecule has 1 unspecified atom stereocenters. The van der Waals surface area contributed by atoms with Crippen molar-refractivity contribution in [2.45, 2.75) is 52.7 Å². The zero-order valence-corrected chi connectivity index (χ0v) is 10.3. The molecule has 1 saturated carbocycles. The summed E-state index contributed by atoms with van der Waals surface area (Å²) in [6.45, 7) is 7.22. The van der Waals surface area contributed by atoms with Crippen molar-refractivity contribution in [3.8, 4) is 0 Å². The minimum absolute atomic E-state index is 0.0269. The van der Waals surface area contributed by atoms with Crippen molar-refractivity contribution >= 4 is 11.8 Å². The van der Waals surface area contributed by atoms with E-state index in [2.05, 4.69) is 0 Å². The SMILES string of the molecule is C[C@H]1CC(O)C(=O)C[C@@H]1OC(=O)C(C)(C)C. The van der Waals surface area contributed by atoms with E-state index in [0.717, 1.165) is 0 Å². The minimum Gasteiger partial charge on any atom is -0.461 e. The number of Topliss-reactive ketones (excluding diaryl/α,β-unsaturated/α-hetero) is 1. The van der Waals surface area contributed by atoms with E-state index in [-0.39, 0.29) is 30.2 Å². The highest BCUT2D eigenvalue weighted by Gasteiger charge is 2.36. The van der Waals surface area contributed by atoms with Crippen molar-refractivity contribution in [3.63, 3.8) is 0 Å². The van der Waals surface area contributed by atoms with E-state index < -0.39 is 11.5 Å². The van der Waals surface area contributed by atoms with Crippen molar-refractivity contribution in [2.24, 2.45) is 11.3 Å². The zero-order valence-electron chi connectivity index (χ0n) is 10.3. The minimum atomic E-state index is -0.889. The molecule has 0 amide bonds. The second kappa shape index (κ2) is 4.53. The van der Waals surface area contributed by atoms with Crippen molar-refractivity contribution in [1.82, 2.24) is 0 Å². The molecule has 0 heterocycles. The number of ether oxygens (including phenoxy) is 1. The quantitative estimate of drug-likeness (QED) is 0.687. The summed E-state index contributed by atoms with van der Waals surface area (Å²) < 4.78 is 5.32. The van der Waals surface area contributed by atoms with E-state index in [0.29, 0.717) is 6.42 Å². The van der Waals surface area contributed by atoms with E-state index in [4.69, 9.17) is 4.74 Å². The van der Waals surface area contributed by atoms with Gasteiger partial charge in [0.1, 0.15) is 12.2 Å². The topological polar surface area (TPSA) is 63.6 Å². The molecule has 16 heavy (non-hydrogen) atoms. The van der Waals surface area contributed by atoms with E-state index in [9.17, 15) is 14.7 Å². The molecule has 4 nitrogen and oxygen atoms in total. The van der Waals surface area contributed by atoms with Gasteiger partial charge in [-0.3, -0.25) is 9.59 Å². The molecular formula is C12H20O4. The van der Waals surface area contributed by atoms with Gasteiger partial charge < -0.3 is 9.84 Å². The summed E-state index contributed by atoms with van der Waals surface area (Å²) in [5.74, 6) is -0.502. The summed E-state index contributed by atoms with van der Waals surface area (Å²) in [5, 5.41) is 9.37. The molecule has 0 aromatic heterocycles. The lowest BCUT2D eigenvalue weighted by Gasteiger charge is -2.32. The Bertz CT molecular complexity index is 290. The van der Waals surface area contributed by atoms with Gasteiger partial charge in [0.15, 0.2) is 5.78 Å². The van der Waals surface area contributed by atoms with Crippen molar-refractivity contribution < 1.29 is 19.4 Å². The lowest BCUT2D eigenvalue weighted by molar-refractivity contribution is -0.166. The summed E-state index contributed by atoms with van der Waals surface area (Å²) in [6.07, 6.45) is -0.771. The second-order valence-corrected chi connectivity index (χ2v) is 5.59. The fourth-order valence-corrected chi connectivity index (χ4v) is 1.64. The molecule has 4 heteroatoms. The van der Waals surface area contributed by atoms with Crippen LogP contribution in [-0.2, 0) is 14.3 Å². The maximum Gasteiger partial charge on any atom is 0.311 e. The molecule has 0 aliphatic heterocycles. The molecule has 1 aliphatic rings. The summed E-state index contributed by atoms with van der Waals surface area (Å²) in [5.41, 5.74) is -0.557. The van der Waals surface area contributed by atoms with Crippen LogP contribution in [0.25, 0.3) is 0 Å². The van der Waals surface area contributed by atoms with Crippen LogP contribution in [0.5, 0.6) is 0 Å². The van der Waals surface area contributed by atoms with Crippen LogP contribution < -0.4 is 0 Å². The maximum atomic E-state index is 11.7. The molecule has 0 aromatic carbocycles. The highest BCUT2D eigenvalue weighted by atomic mass is 16.5.